The molecule has 0 spiro atoms. The molecule has 0 atom stereocenters. The van der Waals surface area contributed by atoms with Crippen LogP contribution < -0.4 is 19.1 Å². The molecule has 0 aliphatic rings. The molecule has 0 fully saturated rings. The van der Waals surface area contributed by atoms with Crippen LogP contribution >= 0.6 is 11.8 Å². The summed E-state index contributed by atoms with van der Waals surface area (Å²) in [5, 5.41) is 2.83. The number of hydrogen-bond donors (Lipinski definition) is 1. The van der Waals surface area contributed by atoms with Crippen molar-refractivity contribution >= 4 is 33.4 Å². The number of carbonyl (C=O) groups is 1. The molecule has 186 valence electrons. The molecule has 35 heavy (non-hydrogen) atoms. The third kappa shape index (κ3) is 7.16. The number of benzene rings is 3. The van der Waals surface area contributed by atoms with Crippen LogP contribution in [0.5, 0.6) is 11.5 Å². The van der Waals surface area contributed by atoms with E-state index in [2.05, 4.69) is 30.4 Å². The molecule has 1 N–H and O–H groups in total. The number of nitrogens with zero attached hydrogens (tertiary/aromatic N) is 1. The number of ether oxygens (including phenoxy) is 2. The Balaban J connectivity index is 1.72. The van der Waals surface area contributed by atoms with Gasteiger partial charge < -0.3 is 14.8 Å². The topological polar surface area (TPSA) is 84.9 Å². The number of methoxy groups -OCH3 is 2. The van der Waals surface area contributed by atoms with E-state index in [1.807, 2.05) is 6.07 Å². The van der Waals surface area contributed by atoms with E-state index >= 15 is 0 Å². The van der Waals surface area contributed by atoms with Crippen molar-refractivity contribution in [1.82, 2.24) is 5.32 Å². The molecule has 9 heteroatoms. The minimum Gasteiger partial charge on any atom is -0.497 e. The van der Waals surface area contributed by atoms with Crippen LogP contribution in [0.2, 0.25) is 0 Å². The third-order valence-corrected chi connectivity index (χ3v) is 8.00. The average Bonchev–Trinajstić information content (AvgIpc) is 2.87. The molecule has 0 aliphatic heterocycles. The van der Waals surface area contributed by atoms with Crippen molar-refractivity contribution in [3.63, 3.8) is 0 Å². The monoisotopic (exact) mass is 514 g/mol. The molecule has 3 aromatic rings. The van der Waals surface area contributed by atoms with Gasteiger partial charge in [0, 0.05) is 24.1 Å². The van der Waals surface area contributed by atoms with Gasteiger partial charge in [-0.25, -0.2) is 8.42 Å². The molecule has 3 aromatic carbocycles. The van der Waals surface area contributed by atoms with Gasteiger partial charge in [-0.2, -0.15) is 11.8 Å². The van der Waals surface area contributed by atoms with E-state index in [1.165, 1.54) is 37.5 Å². The van der Waals surface area contributed by atoms with Gasteiger partial charge in [0.1, 0.15) is 18.0 Å². The van der Waals surface area contributed by atoms with Crippen molar-refractivity contribution in [1.29, 1.82) is 0 Å². The Morgan fingerprint density at radius 2 is 1.74 bits per heavy atom. The second kappa shape index (κ2) is 12.5. The maximum Gasteiger partial charge on any atom is 0.264 e. The second-order valence-electron chi connectivity index (χ2n) is 7.75. The van der Waals surface area contributed by atoms with E-state index in [1.54, 1.807) is 48.2 Å². The van der Waals surface area contributed by atoms with Gasteiger partial charge in [0.15, 0.2) is 0 Å². The predicted molar refractivity (Wildman–Crippen MR) is 141 cm³/mol. The number of rotatable bonds is 12. The summed E-state index contributed by atoms with van der Waals surface area (Å²) in [7, 11) is -1.08. The highest BCUT2D eigenvalue weighted by molar-refractivity contribution is 7.98. The number of anilines is 1. The van der Waals surface area contributed by atoms with E-state index in [4.69, 9.17) is 9.47 Å². The smallest absolute Gasteiger partial charge is 0.264 e. The first kappa shape index (κ1) is 26.4. The maximum atomic E-state index is 13.5. The molecule has 0 bridgehead atoms. The van der Waals surface area contributed by atoms with Gasteiger partial charge in [-0.1, -0.05) is 48.0 Å². The van der Waals surface area contributed by atoms with E-state index in [0.717, 1.165) is 10.1 Å². The molecule has 0 unspecified atom stereocenters. The van der Waals surface area contributed by atoms with Crippen molar-refractivity contribution in [2.75, 3.05) is 37.4 Å². The summed E-state index contributed by atoms with van der Waals surface area (Å²) in [6.45, 7) is 2.10. The number of nitrogens with one attached hydrogen (secondary N) is 1. The Hall–Kier alpha value is -3.17. The number of thioether (sulfide) groups is 1. The number of carbonyl (C=O) groups excluding carboxylic acids is 1. The molecule has 1 amide bonds. The van der Waals surface area contributed by atoms with Gasteiger partial charge in [0.2, 0.25) is 5.91 Å². The van der Waals surface area contributed by atoms with Gasteiger partial charge in [0.25, 0.3) is 10.0 Å². The summed E-state index contributed by atoms with van der Waals surface area (Å²) in [6, 6.07) is 21.1. The SMILES string of the molecule is COc1ccc(N(CC(=O)NCCSCc2cccc(C)c2)S(=O)(=O)c2ccccc2)c(OC)c1. The van der Waals surface area contributed by atoms with Crippen LogP contribution in [0, 0.1) is 6.92 Å². The summed E-state index contributed by atoms with van der Waals surface area (Å²) in [4.78, 5) is 12.9. The lowest BCUT2D eigenvalue weighted by Gasteiger charge is -2.26. The molecule has 0 saturated carbocycles. The summed E-state index contributed by atoms with van der Waals surface area (Å²) < 4.78 is 38.7. The Labute approximate surface area is 211 Å². The Kier molecular flexibility index (Phi) is 9.45. The van der Waals surface area contributed by atoms with Gasteiger partial charge in [0.05, 0.1) is 24.8 Å². The van der Waals surface area contributed by atoms with Crippen molar-refractivity contribution in [3.8, 4) is 11.5 Å². The molecule has 0 aromatic heterocycles. The summed E-state index contributed by atoms with van der Waals surface area (Å²) in [5.74, 6) is 1.94. The van der Waals surface area contributed by atoms with E-state index in [-0.39, 0.29) is 22.9 Å². The minimum absolute atomic E-state index is 0.0828. The fourth-order valence-corrected chi connectivity index (χ4v) is 5.71. The Bertz CT molecular complexity index is 1230. The normalized spacial score (nSPS) is 11.1. The van der Waals surface area contributed by atoms with Crippen LogP contribution in [-0.4, -0.2) is 47.4 Å². The lowest BCUT2D eigenvalue weighted by molar-refractivity contribution is -0.119. The first-order valence-electron chi connectivity index (χ1n) is 11.0. The minimum atomic E-state index is -4.03. The number of sulfonamides is 1. The van der Waals surface area contributed by atoms with Crippen LogP contribution in [0.3, 0.4) is 0 Å². The fourth-order valence-electron chi connectivity index (χ4n) is 3.45. The summed E-state index contributed by atoms with van der Waals surface area (Å²) >= 11 is 1.70. The number of hydrogen-bond acceptors (Lipinski definition) is 6. The first-order chi connectivity index (χ1) is 16.8. The molecule has 7 nitrogen and oxygen atoms in total. The highest BCUT2D eigenvalue weighted by Crippen LogP contribution is 2.35. The molecular weight excluding hydrogens is 484 g/mol. The van der Waals surface area contributed by atoms with Crippen LogP contribution in [0.4, 0.5) is 5.69 Å². The zero-order valence-corrected chi connectivity index (χ0v) is 21.7. The van der Waals surface area contributed by atoms with Crippen LogP contribution in [0.1, 0.15) is 11.1 Å². The second-order valence-corrected chi connectivity index (χ2v) is 10.7. The summed E-state index contributed by atoms with van der Waals surface area (Å²) in [6.07, 6.45) is 0. The van der Waals surface area contributed by atoms with Crippen molar-refractivity contribution in [2.24, 2.45) is 0 Å². The Morgan fingerprint density at radius 1 is 0.971 bits per heavy atom. The molecule has 3 rings (SSSR count). The molecule has 0 saturated heterocycles. The number of amides is 1. The zero-order valence-electron chi connectivity index (χ0n) is 20.1. The predicted octanol–water partition coefficient (Wildman–Crippen LogP) is 4.26. The van der Waals surface area contributed by atoms with E-state index in [0.29, 0.717) is 18.0 Å². The molecule has 0 radical (unpaired) electrons. The van der Waals surface area contributed by atoms with Crippen molar-refractivity contribution in [2.45, 2.75) is 17.6 Å². The number of aryl methyl sites for hydroxylation is 1. The molecular formula is C26H30N2O5S2. The van der Waals surface area contributed by atoms with Gasteiger partial charge in [-0.05, 0) is 36.8 Å². The first-order valence-corrected chi connectivity index (χ1v) is 13.6. The van der Waals surface area contributed by atoms with Crippen molar-refractivity contribution < 1.29 is 22.7 Å². The average molecular weight is 515 g/mol. The summed E-state index contributed by atoms with van der Waals surface area (Å²) in [5.41, 5.74) is 2.69. The Morgan fingerprint density at radius 3 is 2.43 bits per heavy atom. The lowest BCUT2D eigenvalue weighted by Crippen LogP contribution is -2.41. The van der Waals surface area contributed by atoms with Gasteiger partial charge in [-0.15, -0.1) is 0 Å². The standard InChI is InChI=1S/C26H30N2O5S2/c1-20-8-7-9-21(16-20)19-34-15-14-27-26(29)18-28(35(30,31)23-10-5-4-6-11-23)24-13-12-22(32-2)17-25(24)33-3/h4-13,16-17H,14-15,18-19H2,1-3H3,(H,27,29). The molecule has 0 aliphatic carbocycles. The fraction of sp³-hybridized carbons (Fsp3) is 0.269. The van der Waals surface area contributed by atoms with E-state index in [9.17, 15) is 13.2 Å². The quantitative estimate of drug-likeness (QED) is 0.364. The van der Waals surface area contributed by atoms with Crippen LogP contribution in [0.15, 0.2) is 77.7 Å². The lowest BCUT2D eigenvalue weighted by atomic mass is 10.2. The van der Waals surface area contributed by atoms with Gasteiger partial charge >= 0.3 is 0 Å². The highest BCUT2D eigenvalue weighted by atomic mass is 32.2. The van der Waals surface area contributed by atoms with Crippen LogP contribution in [-0.2, 0) is 20.6 Å². The highest BCUT2D eigenvalue weighted by Gasteiger charge is 2.29. The zero-order chi connectivity index (χ0) is 25.3. The maximum absolute atomic E-state index is 13.5. The molecule has 0 heterocycles. The largest absolute Gasteiger partial charge is 0.497 e. The van der Waals surface area contributed by atoms with Crippen molar-refractivity contribution in [3.05, 3.63) is 83.9 Å². The van der Waals surface area contributed by atoms with E-state index < -0.39 is 15.9 Å². The van der Waals surface area contributed by atoms with Crippen LogP contribution in [0.25, 0.3) is 0 Å². The van der Waals surface area contributed by atoms with Gasteiger partial charge in [-0.3, -0.25) is 9.10 Å². The third-order valence-electron chi connectivity index (χ3n) is 5.19.